The molecule has 0 aliphatic carbocycles. The second-order valence-electron chi connectivity index (χ2n) is 5.13. The van der Waals surface area contributed by atoms with Crippen molar-refractivity contribution in [2.24, 2.45) is 0 Å². The summed E-state index contributed by atoms with van der Waals surface area (Å²) in [5.41, 5.74) is 0. The van der Waals surface area contributed by atoms with Gasteiger partial charge in [-0.1, -0.05) is 0 Å². The number of amides is 3. The van der Waals surface area contributed by atoms with Gasteiger partial charge in [-0.3, -0.25) is 4.79 Å². The van der Waals surface area contributed by atoms with Crippen LogP contribution in [0.3, 0.4) is 0 Å². The molecule has 1 fully saturated rings. The van der Waals surface area contributed by atoms with Crippen LogP contribution in [0, 0.1) is 6.92 Å². The molecule has 1 aromatic heterocycles. The highest BCUT2D eigenvalue weighted by atomic mass is 16.3. The van der Waals surface area contributed by atoms with Gasteiger partial charge in [-0.05, 0) is 45.2 Å². The average molecular weight is 279 g/mol. The lowest BCUT2D eigenvalue weighted by Crippen LogP contribution is -2.49. The minimum absolute atomic E-state index is 0.112. The third-order valence-electron chi connectivity index (χ3n) is 3.38. The molecule has 110 valence electrons. The molecule has 0 unspecified atom stereocenters. The SMILES string of the molecule is Cc1ccc([C@H](C)NC(=O)N[C@H]2CCCCNC2=O)o1. The zero-order chi connectivity index (χ0) is 14.5. The fourth-order valence-electron chi connectivity index (χ4n) is 2.23. The first-order chi connectivity index (χ1) is 9.56. The van der Waals surface area contributed by atoms with Gasteiger partial charge in [0, 0.05) is 6.54 Å². The summed E-state index contributed by atoms with van der Waals surface area (Å²) in [5, 5.41) is 8.27. The molecule has 0 spiro atoms. The molecule has 2 heterocycles. The summed E-state index contributed by atoms with van der Waals surface area (Å²) >= 11 is 0. The second kappa shape index (κ2) is 6.45. The lowest BCUT2D eigenvalue weighted by molar-refractivity contribution is -0.122. The minimum atomic E-state index is -0.456. The Kier molecular flexibility index (Phi) is 4.65. The Balaban J connectivity index is 1.86. The molecular weight excluding hydrogens is 258 g/mol. The molecule has 3 amide bonds. The number of nitrogens with one attached hydrogen (secondary N) is 3. The Morgan fingerprint density at radius 2 is 2.25 bits per heavy atom. The summed E-state index contributed by atoms with van der Waals surface area (Å²) in [7, 11) is 0. The molecule has 20 heavy (non-hydrogen) atoms. The van der Waals surface area contributed by atoms with Crippen molar-refractivity contribution >= 4 is 11.9 Å². The number of hydrogen-bond acceptors (Lipinski definition) is 3. The van der Waals surface area contributed by atoms with Gasteiger partial charge in [-0.15, -0.1) is 0 Å². The van der Waals surface area contributed by atoms with Crippen LogP contribution in [0.2, 0.25) is 0 Å². The summed E-state index contributed by atoms with van der Waals surface area (Å²) in [6.45, 7) is 4.37. The minimum Gasteiger partial charge on any atom is -0.464 e. The van der Waals surface area contributed by atoms with Crippen molar-refractivity contribution in [3.63, 3.8) is 0 Å². The molecule has 1 saturated heterocycles. The maximum absolute atomic E-state index is 11.9. The predicted molar refractivity (Wildman–Crippen MR) is 74.2 cm³/mol. The van der Waals surface area contributed by atoms with Gasteiger partial charge >= 0.3 is 6.03 Å². The van der Waals surface area contributed by atoms with Gasteiger partial charge in [0.1, 0.15) is 17.6 Å². The van der Waals surface area contributed by atoms with Crippen LogP contribution in [0.1, 0.15) is 43.7 Å². The number of rotatable bonds is 3. The molecule has 6 nitrogen and oxygen atoms in total. The summed E-state index contributed by atoms with van der Waals surface area (Å²) in [6.07, 6.45) is 2.55. The number of aryl methyl sites for hydroxylation is 1. The van der Waals surface area contributed by atoms with Crippen LogP contribution >= 0.6 is 0 Å². The number of carbonyl (C=O) groups excluding carboxylic acids is 2. The van der Waals surface area contributed by atoms with Gasteiger partial charge in [-0.2, -0.15) is 0 Å². The fourth-order valence-corrected chi connectivity index (χ4v) is 2.23. The summed E-state index contributed by atoms with van der Waals surface area (Å²) in [6, 6.07) is 2.64. The molecule has 6 heteroatoms. The molecule has 0 radical (unpaired) electrons. The highest BCUT2D eigenvalue weighted by Crippen LogP contribution is 2.15. The lowest BCUT2D eigenvalue weighted by Gasteiger charge is -2.18. The van der Waals surface area contributed by atoms with E-state index in [2.05, 4.69) is 16.0 Å². The van der Waals surface area contributed by atoms with Gasteiger partial charge in [0.15, 0.2) is 0 Å². The molecule has 0 saturated carbocycles. The fraction of sp³-hybridized carbons (Fsp3) is 0.571. The van der Waals surface area contributed by atoms with Crippen molar-refractivity contribution in [2.75, 3.05) is 6.54 Å². The van der Waals surface area contributed by atoms with Crippen molar-refractivity contribution in [3.8, 4) is 0 Å². The van der Waals surface area contributed by atoms with Crippen LogP contribution < -0.4 is 16.0 Å². The van der Waals surface area contributed by atoms with Crippen molar-refractivity contribution in [3.05, 3.63) is 23.7 Å². The third-order valence-corrected chi connectivity index (χ3v) is 3.38. The highest BCUT2D eigenvalue weighted by Gasteiger charge is 2.23. The Hall–Kier alpha value is -1.98. The highest BCUT2D eigenvalue weighted by molar-refractivity contribution is 5.87. The number of urea groups is 1. The Morgan fingerprint density at radius 1 is 1.45 bits per heavy atom. The maximum atomic E-state index is 11.9. The van der Waals surface area contributed by atoms with E-state index in [4.69, 9.17) is 4.42 Å². The van der Waals surface area contributed by atoms with Gasteiger partial charge in [0.2, 0.25) is 5.91 Å². The van der Waals surface area contributed by atoms with E-state index in [1.807, 2.05) is 26.0 Å². The molecule has 3 N–H and O–H groups in total. The Labute approximate surface area is 118 Å². The molecule has 2 atom stereocenters. The largest absolute Gasteiger partial charge is 0.464 e. The Bertz CT molecular complexity index is 484. The number of hydrogen-bond donors (Lipinski definition) is 3. The van der Waals surface area contributed by atoms with E-state index in [9.17, 15) is 9.59 Å². The Morgan fingerprint density at radius 3 is 2.95 bits per heavy atom. The first-order valence-electron chi connectivity index (χ1n) is 6.97. The van der Waals surface area contributed by atoms with Gasteiger partial charge in [0.25, 0.3) is 0 Å². The molecule has 1 aliphatic rings. The summed E-state index contributed by atoms with van der Waals surface area (Å²) in [4.78, 5) is 23.7. The lowest BCUT2D eigenvalue weighted by atomic mass is 10.1. The summed E-state index contributed by atoms with van der Waals surface area (Å²) < 4.78 is 5.46. The first kappa shape index (κ1) is 14.4. The second-order valence-corrected chi connectivity index (χ2v) is 5.13. The maximum Gasteiger partial charge on any atom is 0.316 e. The van der Waals surface area contributed by atoms with Gasteiger partial charge in [0.05, 0.1) is 6.04 Å². The van der Waals surface area contributed by atoms with Crippen LogP contribution in [-0.2, 0) is 4.79 Å². The van der Waals surface area contributed by atoms with Crippen molar-refractivity contribution in [1.29, 1.82) is 0 Å². The number of furan rings is 1. The van der Waals surface area contributed by atoms with Crippen LogP contribution in [-0.4, -0.2) is 24.5 Å². The van der Waals surface area contributed by atoms with Crippen molar-refractivity contribution in [1.82, 2.24) is 16.0 Å². The summed E-state index contributed by atoms with van der Waals surface area (Å²) in [5.74, 6) is 1.39. The number of carbonyl (C=O) groups is 2. The van der Waals surface area contributed by atoms with E-state index < -0.39 is 6.04 Å². The zero-order valence-corrected chi connectivity index (χ0v) is 11.9. The molecular formula is C14H21N3O3. The van der Waals surface area contributed by atoms with E-state index in [-0.39, 0.29) is 18.0 Å². The van der Waals surface area contributed by atoms with Crippen LogP contribution in [0.25, 0.3) is 0 Å². The normalized spacial score (nSPS) is 20.7. The first-order valence-corrected chi connectivity index (χ1v) is 6.97. The molecule has 1 aliphatic heterocycles. The molecule has 0 aromatic carbocycles. The van der Waals surface area contributed by atoms with E-state index in [0.29, 0.717) is 18.7 Å². The van der Waals surface area contributed by atoms with E-state index in [0.717, 1.165) is 18.6 Å². The topological polar surface area (TPSA) is 83.4 Å². The van der Waals surface area contributed by atoms with E-state index >= 15 is 0 Å². The van der Waals surface area contributed by atoms with E-state index in [1.165, 1.54) is 0 Å². The van der Waals surface area contributed by atoms with Crippen molar-refractivity contribution in [2.45, 2.75) is 45.2 Å². The zero-order valence-electron chi connectivity index (χ0n) is 11.9. The smallest absolute Gasteiger partial charge is 0.316 e. The van der Waals surface area contributed by atoms with Crippen LogP contribution in [0.5, 0.6) is 0 Å². The monoisotopic (exact) mass is 279 g/mol. The molecule has 2 rings (SSSR count). The van der Waals surface area contributed by atoms with Crippen molar-refractivity contribution < 1.29 is 14.0 Å². The molecule has 1 aromatic rings. The average Bonchev–Trinajstić information content (AvgIpc) is 2.73. The predicted octanol–water partition coefficient (Wildman–Crippen LogP) is 1.62. The molecule has 0 bridgehead atoms. The van der Waals surface area contributed by atoms with Crippen LogP contribution in [0.15, 0.2) is 16.5 Å². The van der Waals surface area contributed by atoms with Crippen LogP contribution in [0.4, 0.5) is 4.79 Å². The third kappa shape index (κ3) is 3.76. The van der Waals surface area contributed by atoms with Gasteiger partial charge < -0.3 is 20.4 Å². The van der Waals surface area contributed by atoms with E-state index in [1.54, 1.807) is 0 Å². The standard InChI is InChI=1S/C14H21N3O3/c1-9-6-7-12(20-9)10(2)16-14(19)17-11-5-3-4-8-15-13(11)18/h6-7,10-11H,3-5,8H2,1-2H3,(H,15,18)(H2,16,17,19)/t10-,11-/m0/s1. The quantitative estimate of drug-likeness (QED) is 0.786. The van der Waals surface area contributed by atoms with Gasteiger partial charge in [-0.25, -0.2) is 4.79 Å².